The number of benzene rings is 2. The first-order chi connectivity index (χ1) is 15.0. The van der Waals surface area contributed by atoms with Gasteiger partial charge in [-0.05, 0) is 55.0 Å². The summed E-state index contributed by atoms with van der Waals surface area (Å²) in [6.07, 6.45) is 0.925. The van der Waals surface area contributed by atoms with Crippen molar-refractivity contribution in [1.29, 1.82) is 0 Å². The van der Waals surface area contributed by atoms with Gasteiger partial charge in [-0.3, -0.25) is 4.79 Å². The van der Waals surface area contributed by atoms with E-state index < -0.39 is 10.0 Å². The molecule has 1 aliphatic rings. The molecule has 1 heterocycles. The summed E-state index contributed by atoms with van der Waals surface area (Å²) < 4.78 is 43.0. The Bertz CT molecular complexity index is 939. The van der Waals surface area contributed by atoms with Crippen molar-refractivity contribution in [2.45, 2.75) is 18.2 Å². The second kappa shape index (κ2) is 11.1. The summed E-state index contributed by atoms with van der Waals surface area (Å²) in [5.74, 6) is 1.08. The molecule has 8 nitrogen and oxygen atoms in total. The van der Waals surface area contributed by atoms with Crippen LogP contribution in [0.2, 0.25) is 0 Å². The lowest BCUT2D eigenvalue weighted by Gasteiger charge is -2.26. The van der Waals surface area contributed by atoms with E-state index in [0.717, 1.165) is 12.2 Å². The third-order valence-corrected chi connectivity index (χ3v) is 6.59. The summed E-state index contributed by atoms with van der Waals surface area (Å²) in [6.45, 7) is 4.78. The lowest BCUT2D eigenvalue weighted by Crippen LogP contribution is -2.40. The molecule has 31 heavy (non-hydrogen) atoms. The van der Waals surface area contributed by atoms with Crippen molar-refractivity contribution in [3.8, 4) is 11.5 Å². The van der Waals surface area contributed by atoms with Crippen LogP contribution in [-0.4, -0.2) is 64.7 Å². The minimum atomic E-state index is -3.52. The molecule has 9 heteroatoms. The highest BCUT2D eigenvalue weighted by Gasteiger charge is 2.26. The number of nitrogens with zero attached hydrogens (tertiary/aromatic N) is 1. The van der Waals surface area contributed by atoms with Crippen LogP contribution in [0.25, 0.3) is 0 Å². The third-order valence-electron chi connectivity index (χ3n) is 4.68. The van der Waals surface area contributed by atoms with Crippen molar-refractivity contribution in [2.75, 3.05) is 46.1 Å². The van der Waals surface area contributed by atoms with Crippen LogP contribution in [0.5, 0.6) is 11.5 Å². The van der Waals surface area contributed by atoms with Crippen LogP contribution in [0.1, 0.15) is 23.7 Å². The topological polar surface area (TPSA) is 94.2 Å². The molecule has 0 aliphatic carbocycles. The van der Waals surface area contributed by atoms with E-state index in [1.54, 1.807) is 36.4 Å². The van der Waals surface area contributed by atoms with Crippen molar-refractivity contribution in [2.24, 2.45) is 0 Å². The third kappa shape index (κ3) is 6.43. The van der Waals surface area contributed by atoms with Crippen molar-refractivity contribution >= 4 is 15.9 Å². The fourth-order valence-corrected chi connectivity index (χ4v) is 4.41. The molecule has 0 spiro atoms. The summed E-state index contributed by atoms with van der Waals surface area (Å²) in [5.41, 5.74) is 0.543. The molecule has 3 rings (SSSR count). The molecule has 1 amide bonds. The quantitative estimate of drug-likeness (QED) is 0.561. The Morgan fingerprint density at radius 1 is 0.968 bits per heavy atom. The summed E-state index contributed by atoms with van der Waals surface area (Å²) in [6, 6.07) is 13.3. The van der Waals surface area contributed by atoms with Gasteiger partial charge in [0.25, 0.3) is 5.91 Å². The van der Waals surface area contributed by atoms with E-state index >= 15 is 0 Å². The van der Waals surface area contributed by atoms with Gasteiger partial charge in [0, 0.05) is 18.7 Å². The van der Waals surface area contributed by atoms with Gasteiger partial charge in [-0.25, -0.2) is 8.42 Å². The van der Waals surface area contributed by atoms with Crippen LogP contribution in [0.15, 0.2) is 53.4 Å². The second-order valence-corrected chi connectivity index (χ2v) is 8.90. The number of carbonyl (C=O) groups excluding carboxylic acids is 1. The van der Waals surface area contributed by atoms with E-state index in [2.05, 4.69) is 5.32 Å². The number of carbonyl (C=O) groups is 1. The van der Waals surface area contributed by atoms with Crippen LogP contribution in [0.4, 0.5) is 0 Å². The molecule has 1 aliphatic heterocycles. The summed E-state index contributed by atoms with van der Waals surface area (Å²) in [4.78, 5) is 12.4. The summed E-state index contributed by atoms with van der Waals surface area (Å²) >= 11 is 0. The minimum Gasteiger partial charge on any atom is -0.494 e. The second-order valence-electron chi connectivity index (χ2n) is 6.97. The molecule has 0 aromatic heterocycles. The Labute approximate surface area is 183 Å². The summed E-state index contributed by atoms with van der Waals surface area (Å²) in [7, 11) is -3.52. The van der Waals surface area contributed by atoms with Crippen LogP contribution < -0.4 is 14.8 Å². The van der Waals surface area contributed by atoms with Gasteiger partial charge in [0.1, 0.15) is 18.1 Å². The van der Waals surface area contributed by atoms with Gasteiger partial charge in [0.2, 0.25) is 10.0 Å². The maximum atomic E-state index is 12.6. The Balaban J connectivity index is 1.44. The molecule has 2 aromatic rings. The molecular weight excluding hydrogens is 420 g/mol. The number of rotatable bonds is 10. The van der Waals surface area contributed by atoms with E-state index in [9.17, 15) is 13.2 Å². The maximum absolute atomic E-state index is 12.6. The molecule has 0 bridgehead atoms. The van der Waals surface area contributed by atoms with E-state index in [4.69, 9.17) is 14.2 Å². The zero-order chi connectivity index (χ0) is 22.1. The standard InChI is InChI=1S/C22H28N2O6S/c1-2-14-29-19-5-3-18(4-6-19)22(25)23-11-15-30-20-7-9-21(10-8-20)31(26,27)24-12-16-28-17-13-24/h3-10H,2,11-17H2,1H3,(H,23,25). The highest BCUT2D eigenvalue weighted by Crippen LogP contribution is 2.20. The Kier molecular flexibility index (Phi) is 8.27. The smallest absolute Gasteiger partial charge is 0.251 e. The predicted molar refractivity (Wildman–Crippen MR) is 116 cm³/mol. The first-order valence-electron chi connectivity index (χ1n) is 10.3. The Hall–Kier alpha value is -2.62. The van der Waals surface area contributed by atoms with Crippen LogP contribution >= 0.6 is 0 Å². The molecule has 1 saturated heterocycles. The predicted octanol–water partition coefficient (Wildman–Crippen LogP) is 2.31. The van der Waals surface area contributed by atoms with E-state index in [-0.39, 0.29) is 17.4 Å². The number of ether oxygens (including phenoxy) is 3. The molecule has 168 valence electrons. The van der Waals surface area contributed by atoms with Crippen molar-refractivity contribution in [3.63, 3.8) is 0 Å². The minimum absolute atomic E-state index is 0.197. The molecule has 1 fully saturated rings. The first kappa shape index (κ1) is 23.1. The highest BCUT2D eigenvalue weighted by molar-refractivity contribution is 7.89. The fourth-order valence-electron chi connectivity index (χ4n) is 3.00. The van der Waals surface area contributed by atoms with Crippen molar-refractivity contribution in [3.05, 3.63) is 54.1 Å². The molecular formula is C22H28N2O6S. The van der Waals surface area contributed by atoms with Gasteiger partial charge in [0.05, 0.1) is 31.3 Å². The van der Waals surface area contributed by atoms with Gasteiger partial charge >= 0.3 is 0 Å². The normalized spacial score (nSPS) is 14.7. The molecule has 0 unspecified atom stereocenters. The monoisotopic (exact) mass is 448 g/mol. The SMILES string of the molecule is CCCOc1ccc(C(=O)NCCOc2ccc(S(=O)(=O)N3CCOCC3)cc2)cc1. The zero-order valence-corrected chi connectivity index (χ0v) is 18.4. The lowest BCUT2D eigenvalue weighted by molar-refractivity contribution is 0.0730. The highest BCUT2D eigenvalue weighted by atomic mass is 32.2. The number of nitrogens with one attached hydrogen (secondary N) is 1. The number of morpholine rings is 1. The average Bonchev–Trinajstić information content (AvgIpc) is 2.81. The molecule has 0 radical (unpaired) electrons. The number of hydrogen-bond acceptors (Lipinski definition) is 6. The largest absolute Gasteiger partial charge is 0.494 e. The van der Waals surface area contributed by atoms with E-state index in [0.29, 0.717) is 50.8 Å². The first-order valence-corrected chi connectivity index (χ1v) is 11.8. The number of hydrogen-bond donors (Lipinski definition) is 1. The van der Waals surface area contributed by atoms with Gasteiger partial charge in [-0.1, -0.05) is 6.92 Å². The molecule has 1 N–H and O–H groups in total. The van der Waals surface area contributed by atoms with Gasteiger partial charge < -0.3 is 19.5 Å². The van der Waals surface area contributed by atoms with E-state index in [1.807, 2.05) is 6.92 Å². The molecule has 0 atom stereocenters. The van der Waals surface area contributed by atoms with Gasteiger partial charge in [-0.2, -0.15) is 4.31 Å². The average molecular weight is 449 g/mol. The van der Waals surface area contributed by atoms with Crippen LogP contribution in [-0.2, 0) is 14.8 Å². The molecule has 2 aromatic carbocycles. The molecule has 0 saturated carbocycles. The number of amides is 1. The zero-order valence-electron chi connectivity index (χ0n) is 17.6. The van der Waals surface area contributed by atoms with Crippen LogP contribution in [0.3, 0.4) is 0 Å². The van der Waals surface area contributed by atoms with Gasteiger partial charge in [0.15, 0.2) is 0 Å². The van der Waals surface area contributed by atoms with E-state index in [1.165, 1.54) is 16.4 Å². The van der Waals surface area contributed by atoms with Crippen molar-refractivity contribution in [1.82, 2.24) is 9.62 Å². The number of sulfonamides is 1. The summed E-state index contributed by atoms with van der Waals surface area (Å²) in [5, 5.41) is 2.79. The fraction of sp³-hybridized carbons (Fsp3) is 0.409. The van der Waals surface area contributed by atoms with Crippen molar-refractivity contribution < 1.29 is 27.4 Å². The lowest BCUT2D eigenvalue weighted by atomic mass is 10.2. The maximum Gasteiger partial charge on any atom is 0.251 e. The van der Waals surface area contributed by atoms with Crippen LogP contribution in [0, 0.1) is 0 Å². The Morgan fingerprint density at radius 2 is 1.55 bits per heavy atom. The Morgan fingerprint density at radius 3 is 2.16 bits per heavy atom. The van der Waals surface area contributed by atoms with Gasteiger partial charge in [-0.15, -0.1) is 0 Å².